The number of aromatic nitrogens is 2. The van der Waals surface area contributed by atoms with Crippen molar-refractivity contribution in [3.8, 4) is 0 Å². The lowest BCUT2D eigenvalue weighted by Gasteiger charge is -2.08. The van der Waals surface area contributed by atoms with Gasteiger partial charge in [-0.15, -0.1) is 0 Å². The minimum atomic E-state index is -0.00283. The number of benzene rings is 1. The summed E-state index contributed by atoms with van der Waals surface area (Å²) in [7, 11) is 0. The monoisotopic (exact) mass is 257 g/mol. The SMILES string of the molecule is Cc1ccc(C(=O)NCCCc2ncc[nH]2)c(C)c1. The van der Waals surface area contributed by atoms with Crippen LogP contribution in [0.5, 0.6) is 0 Å². The van der Waals surface area contributed by atoms with Crippen LogP contribution in [-0.2, 0) is 6.42 Å². The Morgan fingerprint density at radius 3 is 2.89 bits per heavy atom. The Morgan fingerprint density at radius 2 is 2.21 bits per heavy atom. The van der Waals surface area contributed by atoms with Crippen molar-refractivity contribution in [1.29, 1.82) is 0 Å². The summed E-state index contributed by atoms with van der Waals surface area (Å²) in [5, 5.41) is 2.94. The van der Waals surface area contributed by atoms with Crippen molar-refractivity contribution in [2.75, 3.05) is 6.54 Å². The molecule has 0 aliphatic carbocycles. The molecule has 0 aliphatic heterocycles. The molecule has 0 atom stereocenters. The van der Waals surface area contributed by atoms with Crippen molar-refractivity contribution >= 4 is 5.91 Å². The molecule has 0 unspecified atom stereocenters. The first-order valence-electron chi connectivity index (χ1n) is 6.50. The number of imidazole rings is 1. The van der Waals surface area contributed by atoms with Crippen LogP contribution in [0, 0.1) is 13.8 Å². The highest BCUT2D eigenvalue weighted by Gasteiger charge is 2.07. The molecular weight excluding hydrogens is 238 g/mol. The van der Waals surface area contributed by atoms with E-state index in [9.17, 15) is 4.79 Å². The van der Waals surface area contributed by atoms with Crippen LogP contribution >= 0.6 is 0 Å². The molecule has 19 heavy (non-hydrogen) atoms. The second kappa shape index (κ2) is 6.18. The maximum atomic E-state index is 12.0. The summed E-state index contributed by atoms with van der Waals surface area (Å²) in [6.07, 6.45) is 5.28. The van der Waals surface area contributed by atoms with Crippen LogP contribution < -0.4 is 5.32 Å². The fourth-order valence-electron chi connectivity index (χ4n) is 2.06. The summed E-state index contributed by atoms with van der Waals surface area (Å²) in [5.74, 6) is 0.956. The van der Waals surface area contributed by atoms with Gasteiger partial charge in [0.1, 0.15) is 5.82 Å². The van der Waals surface area contributed by atoms with Gasteiger partial charge in [-0.3, -0.25) is 4.79 Å². The van der Waals surface area contributed by atoms with Gasteiger partial charge in [-0.05, 0) is 31.9 Å². The van der Waals surface area contributed by atoms with E-state index in [0.29, 0.717) is 6.54 Å². The van der Waals surface area contributed by atoms with Crippen LogP contribution in [0.25, 0.3) is 0 Å². The van der Waals surface area contributed by atoms with E-state index in [2.05, 4.69) is 15.3 Å². The molecule has 1 amide bonds. The van der Waals surface area contributed by atoms with Gasteiger partial charge >= 0.3 is 0 Å². The molecule has 1 aromatic heterocycles. The topological polar surface area (TPSA) is 57.8 Å². The Bertz CT molecular complexity index is 547. The summed E-state index contributed by atoms with van der Waals surface area (Å²) in [6.45, 7) is 4.65. The number of carbonyl (C=O) groups is 1. The number of H-pyrrole nitrogens is 1. The number of hydrogen-bond acceptors (Lipinski definition) is 2. The van der Waals surface area contributed by atoms with E-state index < -0.39 is 0 Å². The molecule has 4 heteroatoms. The van der Waals surface area contributed by atoms with Crippen LogP contribution in [0.3, 0.4) is 0 Å². The van der Waals surface area contributed by atoms with Gasteiger partial charge in [0, 0.05) is 30.9 Å². The Kier molecular flexibility index (Phi) is 4.34. The largest absolute Gasteiger partial charge is 0.352 e. The number of aryl methyl sites for hydroxylation is 3. The molecule has 0 bridgehead atoms. The Morgan fingerprint density at radius 1 is 1.37 bits per heavy atom. The number of carbonyl (C=O) groups excluding carboxylic acids is 1. The van der Waals surface area contributed by atoms with Gasteiger partial charge in [0.25, 0.3) is 5.91 Å². The molecule has 2 rings (SSSR count). The zero-order chi connectivity index (χ0) is 13.7. The number of aromatic amines is 1. The predicted molar refractivity (Wildman–Crippen MR) is 75.2 cm³/mol. The Labute approximate surface area is 113 Å². The second-order valence-electron chi connectivity index (χ2n) is 4.71. The molecule has 2 aromatic rings. The lowest BCUT2D eigenvalue weighted by Crippen LogP contribution is -2.25. The predicted octanol–water partition coefficient (Wildman–Crippen LogP) is 2.39. The summed E-state index contributed by atoms with van der Waals surface area (Å²) in [6, 6.07) is 5.87. The van der Waals surface area contributed by atoms with Crippen LogP contribution in [0.4, 0.5) is 0 Å². The van der Waals surface area contributed by atoms with Gasteiger partial charge in [-0.1, -0.05) is 17.7 Å². The molecule has 0 fully saturated rings. The molecule has 0 aliphatic rings. The number of rotatable bonds is 5. The van der Waals surface area contributed by atoms with Gasteiger partial charge in [-0.25, -0.2) is 4.98 Å². The first-order chi connectivity index (χ1) is 9.16. The summed E-state index contributed by atoms with van der Waals surface area (Å²) in [5.41, 5.74) is 2.94. The first kappa shape index (κ1) is 13.3. The van der Waals surface area contributed by atoms with Crippen molar-refractivity contribution in [2.45, 2.75) is 26.7 Å². The third-order valence-corrected chi connectivity index (χ3v) is 3.06. The number of hydrogen-bond donors (Lipinski definition) is 2. The van der Waals surface area contributed by atoms with E-state index in [1.807, 2.05) is 38.2 Å². The fourth-order valence-corrected chi connectivity index (χ4v) is 2.06. The van der Waals surface area contributed by atoms with Gasteiger partial charge < -0.3 is 10.3 Å². The highest BCUT2D eigenvalue weighted by atomic mass is 16.1. The third-order valence-electron chi connectivity index (χ3n) is 3.06. The maximum absolute atomic E-state index is 12.0. The molecule has 100 valence electrons. The van der Waals surface area contributed by atoms with Crippen molar-refractivity contribution in [3.05, 3.63) is 53.1 Å². The molecule has 0 saturated heterocycles. The van der Waals surface area contributed by atoms with Crippen molar-refractivity contribution < 1.29 is 4.79 Å². The van der Waals surface area contributed by atoms with E-state index in [1.165, 1.54) is 5.56 Å². The lowest BCUT2D eigenvalue weighted by atomic mass is 10.1. The number of amides is 1. The van der Waals surface area contributed by atoms with E-state index in [0.717, 1.165) is 29.8 Å². The maximum Gasteiger partial charge on any atom is 0.251 e. The van der Waals surface area contributed by atoms with E-state index in [4.69, 9.17) is 0 Å². The summed E-state index contributed by atoms with van der Waals surface area (Å²) in [4.78, 5) is 19.2. The molecular formula is C15H19N3O. The van der Waals surface area contributed by atoms with Crippen molar-refractivity contribution in [1.82, 2.24) is 15.3 Å². The first-order valence-corrected chi connectivity index (χ1v) is 6.50. The minimum Gasteiger partial charge on any atom is -0.352 e. The fraction of sp³-hybridized carbons (Fsp3) is 0.333. The number of nitrogens with zero attached hydrogens (tertiary/aromatic N) is 1. The van der Waals surface area contributed by atoms with Gasteiger partial charge in [0.15, 0.2) is 0 Å². The summed E-state index contributed by atoms with van der Waals surface area (Å²) >= 11 is 0. The van der Waals surface area contributed by atoms with Crippen LogP contribution in [-0.4, -0.2) is 22.4 Å². The van der Waals surface area contributed by atoms with Crippen molar-refractivity contribution in [2.24, 2.45) is 0 Å². The second-order valence-corrected chi connectivity index (χ2v) is 4.71. The zero-order valence-electron chi connectivity index (χ0n) is 11.4. The Hall–Kier alpha value is -2.10. The molecule has 1 heterocycles. The van der Waals surface area contributed by atoms with Crippen LogP contribution in [0.1, 0.15) is 33.7 Å². The average Bonchev–Trinajstić information content (AvgIpc) is 2.87. The van der Waals surface area contributed by atoms with E-state index in [-0.39, 0.29) is 5.91 Å². The van der Waals surface area contributed by atoms with Crippen molar-refractivity contribution in [3.63, 3.8) is 0 Å². The highest BCUT2D eigenvalue weighted by Crippen LogP contribution is 2.10. The molecule has 0 spiro atoms. The smallest absolute Gasteiger partial charge is 0.251 e. The molecule has 0 saturated carbocycles. The normalized spacial score (nSPS) is 10.4. The van der Waals surface area contributed by atoms with Crippen LogP contribution in [0.15, 0.2) is 30.6 Å². The molecule has 2 N–H and O–H groups in total. The number of nitrogens with one attached hydrogen (secondary N) is 2. The highest BCUT2D eigenvalue weighted by molar-refractivity contribution is 5.95. The van der Waals surface area contributed by atoms with Gasteiger partial charge in [0.05, 0.1) is 0 Å². The molecule has 4 nitrogen and oxygen atoms in total. The van der Waals surface area contributed by atoms with Crippen LogP contribution in [0.2, 0.25) is 0 Å². The summed E-state index contributed by atoms with van der Waals surface area (Å²) < 4.78 is 0. The van der Waals surface area contributed by atoms with Gasteiger partial charge in [-0.2, -0.15) is 0 Å². The lowest BCUT2D eigenvalue weighted by molar-refractivity contribution is 0.0952. The van der Waals surface area contributed by atoms with Gasteiger partial charge in [0.2, 0.25) is 0 Å². The standard InChI is InChI=1S/C15H19N3O/c1-11-5-6-13(12(2)10-11)15(19)18-7-3-4-14-16-8-9-17-14/h5-6,8-10H,3-4,7H2,1-2H3,(H,16,17)(H,18,19). The minimum absolute atomic E-state index is 0.00283. The third kappa shape index (κ3) is 3.68. The zero-order valence-corrected chi connectivity index (χ0v) is 11.4. The molecule has 1 aromatic carbocycles. The molecule has 0 radical (unpaired) electrons. The van der Waals surface area contributed by atoms with E-state index >= 15 is 0 Å². The average molecular weight is 257 g/mol. The Balaban J connectivity index is 1.81. The quantitative estimate of drug-likeness (QED) is 0.808. The van der Waals surface area contributed by atoms with E-state index in [1.54, 1.807) is 6.20 Å².